The molecule has 0 fully saturated rings. The van der Waals surface area contributed by atoms with Crippen molar-refractivity contribution in [1.82, 2.24) is 0 Å². The van der Waals surface area contributed by atoms with Crippen LogP contribution in [-0.4, -0.2) is 5.11 Å². The van der Waals surface area contributed by atoms with Crippen LogP contribution in [0.2, 0.25) is 0 Å². The third-order valence-corrected chi connectivity index (χ3v) is 2.43. The molecule has 2 aromatic rings. The maximum Gasteiger partial charge on any atom is 0.145 e. The summed E-state index contributed by atoms with van der Waals surface area (Å²) < 4.78 is 5.61. The topological polar surface area (TPSA) is 79.3 Å². The van der Waals surface area contributed by atoms with E-state index in [4.69, 9.17) is 20.8 Å². The van der Waals surface area contributed by atoms with E-state index in [1.165, 1.54) is 0 Å². The van der Waals surface area contributed by atoms with Gasteiger partial charge < -0.3 is 15.6 Å². The van der Waals surface area contributed by atoms with Gasteiger partial charge in [-0.15, -0.1) is 0 Å². The van der Waals surface area contributed by atoms with Gasteiger partial charge >= 0.3 is 0 Å². The lowest BCUT2D eigenvalue weighted by molar-refractivity contribution is 0.281. The Morgan fingerprint density at radius 3 is 2.78 bits per heavy atom. The minimum absolute atomic E-state index is 0.0515. The summed E-state index contributed by atoms with van der Waals surface area (Å²) in [7, 11) is 0. The number of rotatable bonds is 3. The summed E-state index contributed by atoms with van der Waals surface area (Å²) in [5, 5.41) is 18.0. The normalized spacial score (nSPS) is 9.78. The molecule has 0 saturated heterocycles. The van der Waals surface area contributed by atoms with Crippen molar-refractivity contribution in [3.63, 3.8) is 0 Å². The van der Waals surface area contributed by atoms with Crippen LogP contribution < -0.4 is 10.5 Å². The first kappa shape index (κ1) is 12.0. The zero-order valence-corrected chi connectivity index (χ0v) is 9.63. The molecule has 0 saturated carbocycles. The largest absolute Gasteiger partial charge is 0.456 e. The maximum atomic E-state index is 9.04. The average molecular weight is 240 g/mol. The molecule has 2 aromatic carbocycles. The van der Waals surface area contributed by atoms with Gasteiger partial charge in [-0.05, 0) is 35.9 Å². The number of aliphatic hydroxyl groups is 1. The SMILES string of the molecule is N#Cc1cc(N)ccc1Oc1cccc(CO)c1. The molecular formula is C14H12N2O2. The highest BCUT2D eigenvalue weighted by Crippen LogP contribution is 2.27. The fraction of sp³-hybridized carbons (Fsp3) is 0.0714. The van der Waals surface area contributed by atoms with Gasteiger partial charge in [0, 0.05) is 5.69 Å². The molecule has 0 spiro atoms. The Bertz CT molecular complexity index is 603. The Morgan fingerprint density at radius 1 is 1.22 bits per heavy atom. The second-order valence-electron chi connectivity index (χ2n) is 3.77. The fourth-order valence-electron chi connectivity index (χ4n) is 1.56. The second kappa shape index (κ2) is 5.21. The number of ether oxygens (including phenoxy) is 1. The van der Waals surface area contributed by atoms with Gasteiger partial charge in [0.25, 0.3) is 0 Å². The van der Waals surface area contributed by atoms with Crippen molar-refractivity contribution in [3.05, 3.63) is 53.6 Å². The van der Waals surface area contributed by atoms with Gasteiger partial charge in [-0.2, -0.15) is 5.26 Å². The summed E-state index contributed by atoms with van der Waals surface area (Å²) >= 11 is 0. The number of benzene rings is 2. The molecule has 0 amide bonds. The molecule has 90 valence electrons. The van der Waals surface area contributed by atoms with Crippen LogP contribution in [0.1, 0.15) is 11.1 Å². The molecule has 0 heterocycles. The maximum absolute atomic E-state index is 9.04. The molecule has 0 bridgehead atoms. The minimum atomic E-state index is -0.0515. The molecule has 0 atom stereocenters. The monoisotopic (exact) mass is 240 g/mol. The van der Waals surface area contributed by atoms with Crippen molar-refractivity contribution in [2.24, 2.45) is 0 Å². The van der Waals surface area contributed by atoms with Gasteiger partial charge in [0.15, 0.2) is 0 Å². The molecule has 3 N–H and O–H groups in total. The van der Waals surface area contributed by atoms with E-state index in [9.17, 15) is 0 Å². The van der Waals surface area contributed by atoms with Gasteiger partial charge in [0.1, 0.15) is 17.6 Å². The minimum Gasteiger partial charge on any atom is -0.456 e. The molecule has 0 radical (unpaired) electrons. The van der Waals surface area contributed by atoms with Gasteiger partial charge in [-0.3, -0.25) is 0 Å². The predicted molar refractivity (Wildman–Crippen MR) is 68.0 cm³/mol. The summed E-state index contributed by atoms with van der Waals surface area (Å²) in [6.07, 6.45) is 0. The predicted octanol–water partition coefficient (Wildman–Crippen LogP) is 2.43. The van der Waals surface area contributed by atoms with Crippen LogP contribution in [0.3, 0.4) is 0 Å². The number of nitrogen functional groups attached to an aromatic ring is 1. The molecule has 0 aliphatic heterocycles. The van der Waals surface area contributed by atoms with E-state index in [1.807, 2.05) is 6.07 Å². The van der Waals surface area contributed by atoms with Crippen molar-refractivity contribution in [3.8, 4) is 17.6 Å². The summed E-state index contributed by atoms with van der Waals surface area (Å²) in [6.45, 7) is -0.0515. The van der Waals surface area contributed by atoms with Gasteiger partial charge in [0.2, 0.25) is 0 Å². The van der Waals surface area contributed by atoms with Crippen LogP contribution in [0.5, 0.6) is 11.5 Å². The van der Waals surface area contributed by atoms with E-state index < -0.39 is 0 Å². The Balaban J connectivity index is 2.31. The first-order chi connectivity index (χ1) is 8.72. The Hall–Kier alpha value is -2.51. The number of aliphatic hydroxyl groups excluding tert-OH is 1. The number of hydrogen-bond acceptors (Lipinski definition) is 4. The third-order valence-electron chi connectivity index (χ3n) is 2.43. The zero-order valence-electron chi connectivity index (χ0n) is 9.63. The van der Waals surface area contributed by atoms with Crippen LogP contribution in [0.25, 0.3) is 0 Å². The van der Waals surface area contributed by atoms with Crippen molar-refractivity contribution < 1.29 is 9.84 Å². The third kappa shape index (κ3) is 2.59. The molecular weight excluding hydrogens is 228 g/mol. The number of anilines is 1. The summed E-state index contributed by atoms with van der Waals surface area (Å²) in [6, 6.07) is 14.0. The molecule has 2 rings (SSSR count). The van der Waals surface area contributed by atoms with Crippen molar-refractivity contribution >= 4 is 5.69 Å². The lowest BCUT2D eigenvalue weighted by Gasteiger charge is -2.08. The Morgan fingerprint density at radius 2 is 2.06 bits per heavy atom. The van der Waals surface area contributed by atoms with Crippen LogP contribution in [0.15, 0.2) is 42.5 Å². The van der Waals surface area contributed by atoms with E-state index >= 15 is 0 Å². The van der Waals surface area contributed by atoms with Crippen LogP contribution in [0.4, 0.5) is 5.69 Å². The van der Waals surface area contributed by atoms with E-state index in [-0.39, 0.29) is 6.61 Å². The second-order valence-corrected chi connectivity index (χ2v) is 3.77. The molecule has 0 aliphatic carbocycles. The summed E-state index contributed by atoms with van der Waals surface area (Å²) in [5.41, 5.74) is 7.25. The number of hydrogen-bond donors (Lipinski definition) is 2. The molecule has 0 aromatic heterocycles. The first-order valence-electron chi connectivity index (χ1n) is 5.40. The number of nitrogens with two attached hydrogens (primary N) is 1. The van der Waals surface area contributed by atoms with Crippen LogP contribution in [-0.2, 0) is 6.61 Å². The fourth-order valence-corrected chi connectivity index (χ4v) is 1.56. The molecule has 0 unspecified atom stereocenters. The molecule has 18 heavy (non-hydrogen) atoms. The van der Waals surface area contributed by atoms with E-state index in [1.54, 1.807) is 42.5 Å². The van der Waals surface area contributed by atoms with Gasteiger partial charge in [0.05, 0.1) is 12.2 Å². The standard InChI is InChI=1S/C14H12N2O2/c15-8-11-7-12(16)4-5-14(11)18-13-3-1-2-10(6-13)9-17/h1-7,17H,9,16H2. The Kier molecular flexibility index (Phi) is 3.46. The average Bonchev–Trinajstić information content (AvgIpc) is 2.41. The smallest absolute Gasteiger partial charge is 0.145 e. The molecule has 4 nitrogen and oxygen atoms in total. The molecule has 0 aliphatic rings. The zero-order chi connectivity index (χ0) is 13.0. The van der Waals surface area contributed by atoms with Crippen LogP contribution in [0, 0.1) is 11.3 Å². The lowest BCUT2D eigenvalue weighted by Crippen LogP contribution is -1.92. The highest BCUT2D eigenvalue weighted by Gasteiger charge is 2.05. The number of nitrogens with zero attached hydrogens (tertiary/aromatic N) is 1. The van der Waals surface area contributed by atoms with Gasteiger partial charge in [-0.1, -0.05) is 12.1 Å². The summed E-state index contributed by atoms with van der Waals surface area (Å²) in [5.74, 6) is 1.02. The first-order valence-corrected chi connectivity index (χ1v) is 5.40. The summed E-state index contributed by atoms with van der Waals surface area (Å²) in [4.78, 5) is 0. The van der Waals surface area contributed by atoms with Crippen LogP contribution >= 0.6 is 0 Å². The van der Waals surface area contributed by atoms with Crippen molar-refractivity contribution in [1.29, 1.82) is 5.26 Å². The lowest BCUT2D eigenvalue weighted by atomic mass is 10.2. The van der Waals surface area contributed by atoms with E-state index in [0.717, 1.165) is 5.56 Å². The number of nitriles is 1. The van der Waals surface area contributed by atoms with Gasteiger partial charge in [-0.25, -0.2) is 0 Å². The Labute approximate surface area is 105 Å². The highest BCUT2D eigenvalue weighted by molar-refractivity contribution is 5.54. The van der Waals surface area contributed by atoms with E-state index in [0.29, 0.717) is 22.7 Å². The van der Waals surface area contributed by atoms with Crippen molar-refractivity contribution in [2.75, 3.05) is 5.73 Å². The van der Waals surface area contributed by atoms with E-state index in [2.05, 4.69) is 0 Å². The highest BCUT2D eigenvalue weighted by atomic mass is 16.5. The molecule has 4 heteroatoms. The quantitative estimate of drug-likeness (QED) is 0.807. The van der Waals surface area contributed by atoms with Crippen molar-refractivity contribution in [2.45, 2.75) is 6.61 Å².